The van der Waals surface area contributed by atoms with Gasteiger partial charge in [-0.3, -0.25) is 4.99 Å². The molecule has 86 valence electrons. The second kappa shape index (κ2) is 4.37. The molecule has 1 aliphatic heterocycles. The lowest BCUT2D eigenvalue weighted by molar-refractivity contribution is -0.146. The largest absolute Gasteiger partial charge is 0.411 e. The predicted octanol–water partition coefficient (Wildman–Crippen LogP) is 3.61. The molecule has 2 atom stereocenters. The highest BCUT2D eigenvalue weighted by Gasteiger charge is 2.39. The van der Waals surface area contributed by atoms with Gasteiger partial charge in [0.25, 0.3) is 0 Å². The number of hydrogen-bond donors (Lipinski definition) is 0. The number of halogens is 3. The van der Waals surface area contributed by atoms with E-state index >= 15 is 0 Å². The Labute approximate surface area is 88.1 Å². The Balaban J connectivity index is 2.65. The summed E-state index contributed by atoms with van der Waals surface area (Å²) in [6.07, 6.45) is -1.19. The van der Waals surface area contributed by atoms with Crippen LogP contribution in [-0.2, 0) is 0 Å². The van der Waals surface area contributed by atoms with Crippen LogP contribution in [0.3, 0.4) is 0 Å². The standard InChI is InChI=1S/C11H16F3N/c1-7(2)8(3)9-4-5-10(15-6-9)11(12,13)14/h4,6-8,10H,5H2,1-3H3/t8-,10?/m1/s1. The van der Waals surface area contributed by atoms with Crippen LogP contribution in [0.15, 0.2) is 16.6 Å². The summed E-state index contributed by atoms with van der Waals surface area (Å²) in [5.74, 6) is 0.688. The van der Waals surface area contributed by atoms with Gasteiger partial charge in [-0.25, -0.2) is 0 Å². The molecule has 1 rings (SSSR count). The van der Waals surface area contributed by atoms with Crippen molar-refractivity contribution in [2.45, 2.75) is 39.4 Å². The van der Waals surface area contributed by atoms with Crippen LogP contribution in [0.4, 0.5) is 13.2 Å². The average Bonchev–Trinajstić information content (AvgIpc) is 2.15. The SMILES string of the molecule is CC(C)[C@@H](C)C1=CCC(C(F)(F)F)N=C1. The molecule has 0 aromatic heterocycles. The number of nitrogens with zero attached hydrogens (tertiary/aromatic N) is 1. The van der Waals surface area contributed by atoms with E-state index in [2.05, 4.69) is 18.8 Å². The summed E-state index contributed by atoms with van der Waals surface area (Å²) in [5, 5.41) is 0. The van der Waals surface area contributed by atoms with Gasteiger partial charge in [0.15, 0.2) is 0 Å². The molecule has 0 radical (unpaired) electrons. The summed E-state index contributed by atoms with van der Waals surface area (Å²) in [6, 6.07) is -1.54. The van der Waals surface area contributed by atoms with Crippen LogP contribution >= 0.6 is 0 Å². The zero-order valence-corrected chi connectivity index (χ0v) is 9.17. The van der Waals surface area contributed by atoms with Crippen LogP contribution in [0.5, 0.6) is 0 Å². The molecule has 0 saturated heterocycles. The number of alkyl halides is 3. The summed E-state index contributed by atoms with van der Waals surface area (Å²) in [6.45, 7) is 6.11. The fourth-order valence-corrected chi connectivity index (χ4v) is 1.44. The van der Waals surface area contributed by atoms with Gasteiger partial charge in [0.05, 0.1) is 0 Å². The first-order valence-corrected chi connectivity index (χ1v) is 5.12. The van der Waals surface area contributed by atoms with E-state index in [1.54, 1.807) is 6.08 Å². The van der Waals surface area contributed by atoms with Crippen molar-refractivity contribution >= 4 is 6.21 Å². The summed E-state index contributed by atoms with van der Waals surface area (Å²) in [5.41, 5.74) is 0.922. The number of rotatable bonds is 2. The van der Waals surface area contributed by atoms with Gasteiger partial charge >= 0.3 is 6.18 Å². The van der Waals surface area contributed by atoms with Crippen molar-refractivity contribution in [2.24, 2.45) is 16.8 Å². The van der Waals surface area contributed by atoms with Crippen LogP contribution in [0, 0.1) is 11.8 Å². The predicted molar refractivity (Wildman–Crippen MR) is 55.0 cm³/mol. The Bertz CT molecular complexity index is 276. The van der Waals surface area contributed by atoms with E-state index in [4.69, 9.17) is 0 Å². The minimum absolute atomic E-state index is 0.0214. The number of allylic oxidation sites excluding steroid dienone is 1. The Morgan fingerprint density at radius 2 is 1.93 bits per heavy atom. The Hall–Kier alpha value is -0.800. The maximum Gasteiger partial charge on any atom is 0.411 e. The highest BCUT2D eigenvalue weighted by Crippen LogP contribution is 2.30. The highest BCUT2D eigenvalue weighted by molar-refractivity contribution is 5.80. The summed E-state index contributed by atoms with van der Waals surface area (Å²) >= 11 is 0. The van der Waals surface area contributed by atoms with Gasteiger partial charge in [-0.2, -0.15) is 13.2 Å². The smallest absolute Gasteiger partial charge is 0.280 e. The fourth-order valence-electron chi connectivity index (χ4n) is 1.44. The van der Waals surface area contributed by atoms with Crippen LogP contribution in [0.25, 0.3) is 0 Å². The van der Waals surface area contributed by atoms with E-state index in [1.807, 2.05) is 6.92 Å². The molecular weight excluding hydrogens is 203 g/mol. The molecule has 0 spiro atoms. The van der Waals surface area contributed by atoms with Crippen molar-refractivity contribution in [3.8, 4) is 0 Å². The van der Waals surface area contributed by atoms with E-state index in [-0.39, 0.29) is 12.3 Å². The minimum atomic E-state index is -4.21. The van der Waals surface area contributed by atoms with E-state index in [1.165, 1.54) is 6.21 Å². The molecule has 0 fully saturated rings. The molecule has 0 aliphatic carbocycles. The molecule has 15 heavy (non-hydrogen) atoms. The van der Waals surface area contributed by atoms with Gasteiger partial charge in [0, 0.05) is 6.21 Å². The van der Waals surface area contributed by atoms with Crippen LogP contribution in [-0.4, -0.2) is 18.4 Å². The molecular formula is C11H16F3N. The zero-order valence-electron chi connectivity index (χ0n) is 9.17. The third-order valence-corrected chi connectivity index (χ3v) is 2.88. The topological polar surface area (TPSA) is 12.4 Å². The quantitative estimate of drug-likeness (QED) is 0.672. The maximum atomic E-state index is 12.3. The lowest BCUT2D eigenvalue weighted by Gasteiger charge is -2.23. The normalized spacial score (nSPS) is 24.2. The number of dihydropyridines is 1. The molecule has 1 aliphatic rings. The van der Waals surface area contributed by atoms with Crippen molar-refractivity contribution in [2.75, 3.05) is 0 Å². The maximum absolute atomic E-state index is 12.3. The third kappa shape index (κ3) is 3.08. The first-order valence-electron chi connectivity index (χ1n) is 5.12. The zero-order chi connectivity index (χ0) is 11.6. The number of aliphatic imine (C=N–C) groups is 1. The second-order valence-electron chi connectivity index (χ2n) is 4.31. The van der Waals surface area contributed by atoms with Crippen LogP contribution < -0.4 is 0 Å². The summed E-state index contributed by atoms with van der Waals surface area (Å²) in [4.78, 5) is 3.57. The third-order valence-electron chi connectivity index (χ3n) is 2.88. The van der Waals surface area contributed by atoms with Gasteiger partial charge in [-0.05, 0) is 23.8 Å². The minimum Gasteiger partial charge on any atom is -0.280 e. The molecule has 1 unspecified atom stereocenters. The van der Waals surface area contributed by atoms with Crippen molar-refractivity contribution < 1.29 is 13.2 Å². The lowest BCUT2D eigenvalue weighted by Crippen LogP contribution is -2.29. The average molecular weight is 219 g/mol. The molecule has 0 saturated carbocycles. The molecule has 0 aromatic rings. The fraction of sp³-hybridized carbons (Fsp3) is 0.727. The van der Waals surface area contributed by atoms with Crippen molar-refractivity contribution in [3.05, 3.63) is 11.6 Å². The van der Waals surface area contributed by atoms with Crippen molar-refractivity contribution in [1.82, 2.24) is 0 Å². The van der Waals surface area contributed by atoms with E-state index in [0.717, 1.165) is 5.57 Å². The second-order valence-corrected chi connectivity index (χ2v) is 4.31. The molecule has 4 heteroatoms. The molecule has 0 amide bonds. The van der Waals surface area contributed by atoms with E-state index in [0.29, 0.717) is 5.92 Å². The molecule has 0 bridgehead atoms. The monoisotopic (exact) mass is 219 g/mol. The molecule has 1 nitrogen and oxygen atoms in total. The van der Waals surface area contributed by atoms with Gasteiger partial charge in [0.2, 0.25) is 0 Å². The Kier molecular flexibility index (Phi) is 3.58. The van der Waals surface area contributed by atoms with Gasteiger partial charge < -0.3 is 0 Å². The molecule has 0 aromatic carbocycles. The van der Waals surface area contributed by atoms with E-state index in [9.17, 15) is 13.2 Å². The Morgan fingerprint density at radius 1 is 1.33 bits per heavy atom. The van der Waals surface area contributed by atoms with Crippen molar-refractivity contribution in [1.29, 1.82) is 0 Å². The van der Waals surface area contributed by atoms with Gasteiger partial charge in [-0.15, -0.1) is 0 Å². The van der Waals surface area contributed by atoms with Crippen LogP contribution in [0.2, 0.25) is 0 Å². The summed E-state index contributed by atoms with van der Waals surface area (Å²) in [7, 11) is 0. The Morgan fingerprint density at radius 3 is 2.27 bits per heavy atom. The first-order chi connectivity index (χ1) is 6.82. The van der Waals surface area contributed by atoms with Gasteiger partial charge in [0.1, 0.15) is 6.04 Å². The molecule has 0 N–H and O–H groups in total. The lowest BCUT2D eigenvalue weighted by atomic mass is 9.88. The van der Waals surface area contributed by atoms with Crippen molar-refractivity contribution in [3.63, 3.8) is 0 Å². The number of hydrogen-bond acceptors (Lipinski definition) is 1. The molecule has 1 heterocycles. The van der Waals surface area contributed by atoms with Crippen LogP contribution in [0.1, 0.15) is 27.2 Å². The van der Waals surface area contributed by atoms with E-state index < -0.39 is 12.2 Å². The van der Waals surface area contributed by atoms with Gasteiger partial charge in [-0.1, -0.05) is 26.8 Å². The summed E-state index contributed by atoms with van der Waals surface area (Å²) < 4.78 is 36.9. The first kappa shape index (κ1) is 12.3. The highest BCUT2D eigenvalue weighted by atomic mass is 19.4.